The fourth-order valence-corrected chi connectivity index (χ4v) is 3.31. The minimum absolute atomic E-state index is 0.0487. The summed E-state index contributed by atoms with van der Waals surface area (Å²) >= 11 is 21.9. The van der Waals surface area contributed by atoms with E-state index >= 15 is 0 Å². The molecule has 30 heavy (non-hydrogen) atoms. The Morgan fingerprint density at radius 1 is 0.700 bits per heavy atom. The molecule has 162 valence electrons. The molecule has 2 rings (SSSR count). The highest BCUT2D eigenvalue weighted by molar-refractivity contribution is 7.80. The van der Waals surface area contributed by atoms with Crippen LogP contribution < -0.4 is 21.3 Å². The van der Waals surface area contributed by atoms with Gasteiger partial charge in [-0.25, -0.2) is 8.78 Å². The van der Waals surface area contributed by atoms with Crippen LogP contribution in [0.3, 0.4) is 0 Å². The number of benzene rings is 2. The van der Waals surface area contributed by atoms with Crippen LogP contribution in [-0.4, -0.2) is 23.3 Å². The van der Waals surface area contributed by atoms with E-state index in [4.69, 9.17) is 47.6 Å². The van der Waals surface area contributed by atoms with Crippen LogP contribution in [0.2, 0.25) is 10.0 Å². The molecule has 0 amide bonds. The number of rotatable bonds is 9. The van der Waals surface area contributed by atoms with Crippen molar-refractivity contribution in [1.82, 2.24) is 10.6 Å². The van der Waals surface area contributed by atoms with E-state index in [-0.39, 0.29) is 10.0 Å². The second kappa shape index (κ2) is 12.8. The van der Waals surface area contributed by atoms with Gasteiger partial charge in [-0.15, -0.1) is 0 Å². The summed E-state index contributed by atoms with van der Waals surface area (Å²) in [5.41, 5.74) is 1.27. The minimum Gasteiger partial charge on any atom is -0.362 e. The number of nitrogens with one attached hydrogen (secondary N) is 4. The van der Waals surface area contributed by atoms with E-state index in [2.05, 4.69) is 21.3 Å². The number of anilines is 2. The molecule has 0 saturated carbocycles. The summed E-state index contributed by atoms with van der Waals surface area (Å²) in [5, 5.41) is 13.2. The maximum Gasteiger partial charge on any atom is 0.170 e. The number of hydrogen-bond acceptors (Lipinski definition) is 2. The molecule has 0 aliphatic carbocycles. The topological polar surface area (TPSA) is 48.1 Å². The molecule has 0 fully saturated rings. The van der Waals surface area contributed by atoms with Gasteiger partial charge in [-0.3, -0.25) is 0 Å². The Kier molecular flexibility index (Phi) is 10.5. The first-order chi connectivity index (χ1) is 14.3. The molecule has 4 nitrogen and oxygen atoms in total. The maximum absolute atomic E-state index is 13.1. The Morgan fingerprint density at radius 2 is 1.10 bits per heavy atom. The molecule has 2 aromatic carbocycles. The van der Waals surface area contributed by atoms with Crippen molar-refractivity contribution < 1.29 is 8.78 Å². The first kappa shape index (κ1) is 24.5. The molecule has 0 unspecified atom stereocenters. The molecule has 0 aliphatic heterocycles. The second-order valence-electron chi connectivity index (χ2n) is 6.43. The van der Waals surface area contributed by atoms with Gasteiger partial charge in [-0.1, -0.05) is 36.0 Å². The van der Waals surface area contributed by atoms with Crippen LogP contribution in [0.15, 0.2) is 36.4 Å². The molecule has 0 bridgehead atoms. The first-order valence-electron chi connectivity index (χ1n) is 9.35. The van der Waals surface area contributed by atoms with Crippen LogP contribution in [0.25, 0.3) is 0 Å². The van der Waals surface area contributed by atoms with Crippen LogP contribution in [0, 0.1) is 11.6 Å². The fraction of sp³-hybridized carbons (Fsp3) is 0.300. The van der Waals surface area contributed by atoms with E-state index in [0.29, 0.717) is 21.6 Å². The van der Waals surface area contributed by atoms with Gasteiger partial charge in [0.25, 0.3) is 0 Å². The Morgan fingerprint density at radius 3 is 1.47 bits per heavy atom. The van der Waals surface area contributed by atoms with E-state index in [1.165, 1.54) is 24.3 Å². The predicted molar refractivity (Wildman–Crippen MR) is 130 cm³/mol. The van der Waals surface area contributed by atoms with Crippen LogP contribution in [0.5, 0.6) is 0 Å². The highest BCUT2D eigenvalue weighted by atomic mass is 35.5. The first-order valence-corrected chi connectivity index (χ1v) is 10.9. The Bertz CT molecular complexity index is 812. The van der Waals surface area contributed by atoms with Gasteiger partial charge < -0.3 is 21.3 Å². The van der Waals surface area contributed by atoms with Gasteiger partial charge in [0.15, 0.2) is 10.2 Å². The zero-order valence-electron chi connectivity index (χ0n) is 16.0. The SMILES string of the molecule is Fc1ccc(NC(=S)NCCCCCCNC(=S)Nc2ccc(F)c(Cl)c2)cc1Cl. The standard InChI is InChI=1S/C20H22Cl2F2N4S2/c21-15-11-13(5-7-17(15)23)27-19(29)25-9-3-1-2-4-10-26-20(30)28-14-6-8-18(24)16(22)12-14/h5-8,11-12H,1-4,9-10H2,(H2,25,27,29)(H2,26,28,30). The van der Waals surface area contributed by atoms with Gasteiger partial charge in [0, 0.05) is 24.5 Å². The molecule has 0 saturated heterocycles. The van der Waals surface area contributed by atoms with Gasteiger partial charge in [0.1, 0.15) is 11.6 Å². The molecule has 0 aromatic heterocycles. The molecule has 0 heterocycles. The molecule has 2 aromatic rings. The van der Waals surface area contributed by atoms with Crippen LogP contribution in [0.4, 0.5) is 20.2 Å². The van der Waals surface area contributed by atoms with E-state index in [0.717, 1.165) is 38.8 Å². The van der Waals surface area contributed by atoms with Crippen molar-refractivity contribution in [2.75, 3.05) is 23.7 Å². The Balaban J connectivity index is 1.50. The molecule has 4 N–H and O–H groups in total. The van der Waals surface area contributed by atoms with Crippen LogP contribution in [-0.2, 0) is 0 Å². The summed E-state index contributed by atoms with van der Waals surface area (Å²) in [6.07, 6.45) is 3.99. The van der Waals surface area contributed by atoms with Gasteiger partial charge in [-0.05, 0) is 73.7 Å². The van der Waals surface area contributed by atoms with Crippen molar-refractivity contribution in [1.29, 1.82) is 0 Å². The van der Waals surface area contributed by atoms with Gasteiger partial charge in [0.05, 0.1) is 10.0 Å². The lowest BCUT2D eigenvalue weighted by molar-refractivity contribution is 0.625. The zero-order chi connectivity index (χ0) is 21.9. The quantitative estimate of drug-likeness (QED) is 0.251. The van der Waals surface area contributed by atoms with Crippen LogP contribution in [0.1, 0.15) is 25.7 Å². The Labute approximate surface area is 195 Å². The van der Waals surface area contributed by atoms with Crippen LogP contribution >= 0.6 is 47.6 Å². The predicted octanol–water partition coefficient (Wildman–Crippen LogP) is 6.11. The number of thiocarbonyl (C=S) groups is 2. The van der Waals surface area contributed by atoms with E-state index < -0.39 is 11.6 Å². The van der Waals surface area contributed by atoms with Gasteiger partial charge in [0.2, 0.25) is 0 Å². The largest absolute Gasteiger partial charge is 0.362 e. The molecule has 10 heteroatoms. The van der Waals surface area contributed by atoms with E-state index in [1.54, 1.807) is 12.1 Å². The van der Waals surface area contributed by atoms with Crippen molar-refractivity contribution in [3.63, 3.8) is 0 Å². The molecular formula is C20H22Cl2F2N4S2. The molecule has 0 aliphatic rings. The van der Waals surface area contributed by atoms with Crippen molar-refractivity contribution in [3.8, 4) is 0 Å². The van der Waals surface area contributed by atoms with Crippen molar-refractivity contribution in [3.05, 3.63) is 58.1 Å². The van der Waals surface area contributed by atoms with E-state index in [9.17, 15) is 8.78 Å². The summed E-state index contributed by atoms with van der Waals surface area (Å²) in [7, 11) is 0. The third-order valence-electron chi connectivity index (χ3n) is 4.03. The summed E-state index contributed by atoms with van der Waals surface area (Å²) in [4.78, 5) is 0. The molecule has 0 radical (unpaired) electrons. The summed E-state index contributed by atoms with van der Waals surface area (Å²) in [6.45, 7) is 1.47. The molecule has 0 spiro atoms. The van der Waals surface area contributed by atoms with Gasteiger partial charge in [-0.2, -0.15) is 0 Å². The van der Waals surface area contributed by atoms with Gasteiger partial charge >= 0.3 is 0 Å². The molecule has 0 atom stereocenters. The summed E-state index contributed by atoms with van der Waals surface area (Å²) in [5.74, 6) is -0.932. The lowest BCUT2D eigenvalue weighted by atomic mass is 10.2. The van der Waals surface area contributed by atoms with E-state index in [1.807, 2.05) is 0 Å². The smallest absolute Gasteiger partial charge is 0.170 e. The third kappa shape index (κ3) is 8.95. The second-order valence-corrected chi connectivity index (χ2v) is 8.06. The summed E-state index contributed by atoms with van der Waals surface area (Å²) in [6, 6.07) is 8.70. The summed E-state index contributed by atoms with van der Waals surface area (Å²) < 4.78 is 26.3. The number of unbranched alkanes of at least 4 members (excludes halogenated alkanes) is 3. The van der Waals surface area contributed by atoms with Crippen molar-refractivity contribution in [2.24, 2.45) is 0 Å². The minimum atomic E-state index is -0.466. The normalized spacial score (nSPS) is 10.4. The highest BCUT2D eigenvalue weighted by Gasteiger charge is 2.04. The number of hydrogen-bond donors (Lipinski definition) is 4. The lowest BCUT2D eigenvalue weighted by Gasteiger charge is -2.12. The maximum atomic E-state index is 13.1. The average Bonchev–Trinajstić information content (AvgIpc) is 2.69. The zero-order valence-corrected chi connectivity index (χ0v) is 19.2. The number of halogens is 4. The average molecular weight is 491 g/mol. The van der Waals surface area contributed by atoms with Crippen molar-refractivity contribution >= 4 is 69.2 Å². The lowest BCUT2D eigenvalue weighted by Crippen LogP contribution is -2.29. The highest BCUT2D eigenvalue weighted by Crippen LogP contribution is 2.20. The third-order valence-corrected chi connectivity index (χ3v) is 5.10. The fourth-order valence-electron chi connectivity index (χ4n) is 2.51. The Hall–Kier alpha value is -1.74. The van der Waals surface area contributed by atoms with Crippen molar-refractivity contribution in [2.45, 2.75) is 25.7 Å². The monoisotopic (exact) mass is 490 g/mol. The molecular weight excluding hydrogens is 469 g/mol.